The van der Waals surface area contributed by atoms with E-state index < -0.39 is 0 Å². The predicted molar refractivity (Wildman–Crippen MR) is 69.1 cm³/mol. The lowest BCUT2D eigenvalue weighted by molar-refractivity contribution is 0.459. The average Bonchev–Trinajstić information content (AvgIpc) is 2.86. The first-order valence-electron chi connectivity index (χ1n) is 6.69. The van der Waals surface area contributed by atoms with Gasteiger partial charge in [0.2, 0.25) is 0 Å². The Hall–Kier alpha value is -0.940. The van der Waals surface area contributed by atoms with Crippen LogP contribution in [0.15, 0.2) is 6.33 Å². The van der Waals surface area contributed by atoms with Crippen LogP contribution in [-0.4, -0.2) is 15.2 Å². The molecule has 0 bridgehead atoms. The van der Waals surface area contributed by atoms with Crippen molar-refractivity contribution in [2.75, 3.05) is 0 Å². The maximum atomic E-state index is 5.51. The summed E-state index contributed by atoms with van der Waals surface area (Å²) in [6.07, 6.45) is 11.7. The van der Waals surface area contributed by atoms with Crippen molar-refractivity contribution in [3.8, 4) is 0 Å². The molecule has 0 radical (unpaired) electrons. The molecule has 4 N–H and O–H groups in total. The van der Waals surface area contributed by atoms with Gasteiger partial charge in [0.05, 0.1) is 6.04 Å². The second-order valence-corrected chi connectivity index (χ2v) is 4.50. The molecule has 0 aromatic carbocycles. The number of hydrogen-bond donors (Lipinski definition) is 3. The fourth-order valence-electron chi connectivity index (χ4n) is 1.99. The van der Waals surface area contributed by atoms with Crippen LogP contribution in [-0.2, 0) is 0 Å². The van der Waals surface area contributed by atoms with E-state index in [1.165, 1.54) is 51.3 Å². The number of nitrogens with zero attached hydrogens (tertiary/aromatic N) is 2. The first kappa shape index (κ1) is 14.1. The molecule has 0 aliphatic heterocycles. The van der Waals surface area contributed by atoms with Crippen molar-refractivity contribution in [3.63, 3.8) is 0 Å². The van der Waals surface area contributed by atoms with Gasteiger partial charge in [-0.3, -0.25) is 10.9 Å². The molecule has 0 aliphatic carbocycles. The van der Waals surface area contributed by atoms with Crippen LogP contribution < -0.4 is 11.3 Å². The van der Waals surface area contributed by atoms with Gasteiger partial charge >= 0.3 is 0 Å². The van der Waals surface area contributed by atoms with Crippen LogP contribution in [0.25, 0.3) is 0 Å². The molecule has 0 fully saturated rings. The first-order chi connectivity index (χ1) is 8.38. The Labute approximate surface area is 104 Å². The highest BCUT2D eigenvalue weighted by atomic mass is 15.3. The summed E-state index contributed by atoms with van der Waals surface area (Å²) in [6, 6.07) is 0.105. The largest absolute Gasteiger partial charge is 0.271 e. The zero-order valence-electron chi connectivity index (χ0n) is 10.8. The summed E-state index contributed by atoms with van der Waals surface area (Å²) in [5.41, 5.74) is 2.78. The number of aromatic amines is 1. The minimum Gasteiger partial charge on any atom is -0.271 e. The highest BCUT2D eigenvalue weighted by Crippen LogP contribution is 2.16. The van der Waals surface area contributed by atoms with Gasteiger partial charge < -0.3 is 0 Å². The number of hydrogen-bond acceptors (Lipinski definition) is 4. The Kier molecular flexibility index (Phi) is 7.58. The molecular formula is C12H25N5. The third-order valence-electron chi connectivity index (χ3n) is 3.06. The predicted octanol–water partition coefficient (Wildman–Crippen LogP) is 2.45. The van der Waals surface area contributed by atoms with Crippen LogP contribution in [0.2, 0.25) is 0 Å². The molecule has 1 unspecified atom stereocenters. The summed E-state index contributed by atoms with van der Waals surface area (Å²) in [5, 5.41) is 6.69. The Morgan fingerprint density at radius 1 is 1.24 bits per heavy atom. The van der Waals surface area contributed by atoms with Crippen molar-refractivity contribution in [2.45, 2.75) is 64.3 Å². The van der Waals surface area contributed by atoms with Gasteiger partial charge in [-0.2, -0.15) is 5.10 Å². The molecule has 0 saturated heterocycles. The molecule has 1 aromatic heterocycles. The van der Waals surface area contributed by atoms with Crippen LogP contribution in [0.4, 0.5) is 0 Å². The lowest BCUT2D eigenvalue weighted by atomic mass is 10.1. The summed E-state index contributed by atoms with van der Waals surface area (Å²) >= 11 is 0. The van der Waals surface area contributed by atoms with E-state index in [1.807, 2.05) is 0 Å². The van der Waals surface area contributed by atoms with Crippen molar-refractivity contribution in [1.29, 1.82) is 0 Å². The van der Waals surface area contributed by atoms with Gasteiger partial charge in [0.1, 0.15) is 12.2 Å². The number of unbranched alkanes of at least 4 members (excludes halogenated alkanes) is 6. The van der Waals surface area contributed by atoms with E-state index in [4.69, 9.17) is 5.84 Å². The normalized spacial score (nSPS) is 12.8. The van der Waals surface area contributed by atoms with E-state index in [1.54, 1.807) is 0 Å². The molecule has 0 amide bonds. The maximum absolute atomic E-state index is 5.51. The van der Waals surface area contributed by atoms with Crippen LogP contribution >= 0.6 is 0 Å². The Morgan fingerprint density at radius 3 is 2.53 bits per heavy atom. The Morgan fingerprint density at radius 2 is 1.94 bits per heavy atom. The summed E-state index contributed by atoms with van der Waals surface area (Å²) in [6.45, 7) is 2.24. The second kappa shape index (κ2) is 9.13. The van der Waals surface area contributed by atoms with Crippen LogP contribution in [0.5, 0.6) is 0 Å². The molecule has 0 spiro atoms. The highest BCUT2D eigenvalue weighted by molar-refractivity contribution is 4.89. The van der Waals surface area contributed by atoms with Gasteiger partial charge in [-0.15, -0.1) is 0 Å². The molecule has 17 heavy (non-hydrogen) atoms. The molecule has 5 heteroatoms. The van der Waals surface area contributed by atoms with E-state index in [9.17, 15) is 0 Å². The van der Waals surface area contributed by atoms with Gasteiger partial charge in [0.25, 0.3) is 0 Å². The van der Waals surface area contributed by atoms with Gasteiger partial charge in [-0.1, -0.05) is 51.9 Å². The lowest BCUT2D eigenvalue weighted by Crippen LogP contribution is -2.28. The molecule has 5 nitrogen and oxygen atoms in total. The fraction of sp³-hybridized carbons (Fsp3) is 0.833. The van der Waals surface area contributed by atoms with E-state index >= 15 is 0 Å². The van der Waals surface area contributed by atoms with Crippen molar-refractivity contribution >= 4 is 0 Å². The lowest BCUT2D eigenvalue weighted by Gasteiger charge is -2.12. The molecule has 1 atom stereocenters. The topological polar surface area (TPSA) is 79.6 Å². The molecule has 1 heterocycles. The number of H-pyrrole nitrogens is 1. The maximum Gasteiger partial charge on any atom is 0.142 e. The molecule has 0 saturated carbocycles. The average molecular weight is 239 g/mol. The molecule has 98 valence electrons. The van der Waals surface area contributed by atoms with E-state index in [2.05, 4.69) is 27.5 Å². The van der Waals surface area contributed by atoms with Gasteiger partial charge in [0.15, 0.2) is 0 Å². The molecule has 0 aliphatic rings. The molecule has 1 rings (SSSR count). The van der Waals surface area contributed by atoms with Crippen molar-refractivity contribution in [2.24, 2.45) is 5.84 Å². The molecular weight excluding hydrogens is 214 g/mol. The quantitative estimate of drug-likeness (QED) is 0.333. The number of nitrogens with one attached hydrogen (secondary N) is 2. The minimum absolute atomic E-state index is 0.105. The van der Waals surface area contributed by atoms with E-state index in [0.29, 0.717) is 0 Å². The van der Waals surface area contributed by atoms with Crippen LogP contribution in [0.3, 0.4) is 0 Å². The van der Waals surface area contributed by atoms with Crippen LogP contribution in [0, 0.1) is 0 Å². The smallest absolute Gasteiger partial charge is 0.142 e. The SMILES string of the molecule is CCCCCCCCCC(NN)c1ncn[nH]1. The van der Waals surface area contributed by atoms with Crippen molar-refractivity contribution in [3.05, 3.63) is 12.2 Å². The third-order valence-corrected chi connectivity index (χ3v) is 3.06. The monoisotopic (exact) mass is 239 g/mol. The van der Waals surface area contributed by atoms with Crippen LogP contribution in [0.1, 0.15) is 70.2 Å². The zero-order chi connectivity index (χ0) is 12.3. The Bertz CT molecular complexity index is 260. The number of rotatable bonds is 10. The molecule has 1 aromatic rings. The Balaban J connectivity index is 2.04. The fourth-order valence-corrected chi connectivity index (χ4v) is 1.99. The van der Waals surface area contributed by atoms with Gasteiger partial charge in [-0.25, -0.2) is 10.4 Å². The number of nitrogens with two attached hydrogens (primary N) is 1. The summed E-state index contributed by atoms with van der Waals surface area (Å²) in [4.78, 5) is 4.12. The summed E-state index contributed by atoms with van der Waals surface area (Å²) < 4.78 is 0. The number of aromatic nitrogens is 3. The highest BCUT2D eigenvalue weighted by Gasteiger charge is 2.11. The second-order valence-electron chi connectivity index (χ2n) is 4.50. The zero-order valence-corrected chi connectivity index (χ0v) is 10.8. The van der Waals surface area contributed by atoms with Gasteiger partial charge in [-0.05, 0) is 6.42 Å². The van der Waals surface area contributed by atoms with Crippen molar-refractivity contribution < 1.29 is 0 Å². The van der Waals surface area contributed by atoms with Crippen molar-refractivity contribution in [1.82, 2.24) is 20.6 Å². The van der Waals surface area contributed by atoms with Gasteiger partial charge in [0, 0.05) is 0 Å². The third kappa shape index (κ3) is 5.79. The standard InChI is InChI=1S/C12H25N5/c1-2-3-4-5-6-7-8-9-11(16-13)12-14-10-15-17-12/h10-11,16H,2-9,13H2,1H3,(H,14,15,17). The van der Waals surface area contributed by atoms with E-state index in [-0.39, 0.29) is 6.04 Å². The first-order valence-corrected chi connectivity index (χ1v) is 6.69. The number of hydrazine groups is 1. The summed E-state index contributed by atoms with van der Waals surface area (Å²) in [5.74, 6) is 6.34. The summed E-state index contributed by atoms with van der Waals surface area (Å²) in [7, 11) is 0. The minimum atomic E-state index is 0.105. The van der Waals surface area contributed by atoms with E-state index in [0.717, 1.165) is 12.2 Å².